The van der Waals surface area contributed by atoms with Crippen molar-refractivity contribution in [2.45, 2.75) is 12.8 Å². The monoisotopic (exact) mass is 390 g/mol. The summed E-state index contributed by atoms with van der Waals surface area (Å²) in [6.45, 7) is 4.52. The number of para-hydroxylation sites is 1. The van der Waals surface area contributed by atoms with Gasteiger partial charge in [-0.3, -0.25) is 9.69 Å². The minimum absolute atomic E-state index is 0.159. The quantitative estimate of drug-likeness (QED) is 0.723. The van der Waals surface area contributed by atoms with Crippen LogP contribution >= 0.6 is 11.6 Å². The first kappa shape index (κ1) is 19.6. The van der Waals surface area contributed by atoms with Gasteiger partial charge in [0.1, 0.15) is 18.2 Å². The van der Waals surface area contributed by atoms with Crippen molar-refractivity contribution in [3.05, 3.63) is 64.9 Å². The number of rotatable bonds is 7. The molecule has 0 saturated carbocycles. The Morgan fingerprint density at radius 3 is 2.44 bits per heavy atom. The van der Waals surface area contributed by atoms with Crippen molar-refractivity contribution in [3.8, 4) is 5.75 Å². The van der Waals surface area contributed by atoms with Gasteiger partial charge in [-0.05, 0) is 36.2 Å². The standard InChI is InChI=1S/C21H24ClFN2O2/c22-19-3-1-2-4-20(19)27-16-15-24-11-13-25(14-12-24)21(26)10-7-17-5-8-18(23)9-6-17/h1-6,8-9H,7,10-16H2. The van der Waals surface area contributed by atoms with Crippen molar-refractivity contribution in [2.24, 2.45) is 0 Å². The van der Waals surface area contributed by atoms with E-state index in [2.05, 4.69) is 4.90 Å². The highest BCUT2D eigenvalue weighted by Gasteiger charge is 2.20. The SMILES string of the molecule is O=C(CCc1ccc(F)cc1)N1CCN(CCOc2ccccc2Cl)CC1. The van der Waals surface area contributed by atoms with E-state index in [1.54, 1.807) is 12.1 Å². The Kier molecular flexibility index (Phi) is 7.07. The van der Waals surface area contributed by atoms with Gasteiger partial charge in [0.25, 0.3) is 0 Å². The van der Waals surface area contributed by atoms with Crippen molar-refractivity contribution < 1.29 is 13.9 Å². The van der Waals surface area contributed by atoms with Crippen LogP contribution in [0.15, 0.2) is 48.5 Å². The maximum absolute atomic E-state index is 12.9. The smallest absolute Gasteiger partial charge is 0.222 e. The van der Waals surface area contributed by atoms with Crippen LogP contribution in [0.1, 0.15) is 12.0 Å². The lowest BCUT2D eigenvalue weighted by Crippen LogP contribution is -2.49. The lowest BCUT2D eigenvalue weighted by atomic mass is 10.1. The molecule has 1 saturated heterocycles. The number of nitrogens with zero attached hydrogens (tertiary/aromatic N) is 2. The summed E-state index contributed by atoms with van der Waals surface area (Å²) in [4.78, 5) is 16.6. The zero-order valence-corrected chi connectivity index (χ0v) is 16.0. The van der Waals surface area contributed by atoms with Crippen molar-refractivity contribution in [2.75, 3.05) is 39.3 Å². The molecule has 0 aliphatic carbocycles. The Hall–Kier alpha value is -2.11. The van der Waals surface area contributed by atoms with Crippen LogP contribution < -0.4 is 4.74 Å². The predicted molar refractivity (Wildman–Crippen MR) is 105 cm³/mol. The third kappa shape index (κ3) is 5.94. The second-order valence-electron chi connectivity index (χ2n) is 6.63. The van der Waals surface area contributed by atoms with Gasteiger partial charge in [-0.25, -0.2) is 4.39 Å². The van der Waals surface area contributed by atoms with E-state index in [4.69, 9.17) is 16.3 Å². The molecule has 0 bridgehead atoms. The molecule has 0 aromatic heterocycles. The zero-order valence-electron chi connectivity index (χ0n) is 15.2. The van der Waals surface area contributed by atoms with Crippen molar-refractivity contribution in [1.82, 2.24) is 9.80 Å². The Labute approximate surface area is 164 Å². The molecule has 0 radical (unpaired) electrons. The number of benzene rings is 2. The number of hydrogen-bond acceptors (Lipinski definition) is 3. The molecule has 4 nitrogen and oxygen atoms in total. The largest absolute Gasteiger partial charge is 0.491 e. The molecule has 0 spiro atoms. The van der Waals surface area contributed by atoms with Crippen LogP contribution in [0.4, 0.5) is 4.39 Å². The van der Waals surface area contributed by atoms with Crippen LogP contribution in [-0.4, -0.2) is 55.0 Å². The number of amides is 1. The molecule has 1 aliphatic rings. The van der Waals surface area contributed by atoms with Gasteiger partial charge in [-0.15, -0.1) is 0 Å². The van der Waals surface area contributed by atoms with Gasteiger partial charge in [0.15, 0.2) is 0 Å². The second-order valence-corrected chi connectivity index (χ2v) is 7.03. The molecule has 0 unspecified atom stereocenters. The fraction of sp³-hybridized carbons (Fsp3) is 0.381. The van der Waals surface area contributed by atoms with Crippen LogP contribution in [0.3, 0.4) is 0 Å². The van der Waals surface area contributed by atoms with Gasteiger partial charge in [0.05, 0.1) is 5.02 Å². The highest BCUT2D eigenvalue weighted by molar-refractivity contribution is 6.32. The second kappa shape index (κ2) is 9.72. The highest BCUT2D eigenvalue weighted by Crippen LogP contribution is 2.22. The Morgan fingerprint density at radius 1 is 1.04 bits per heavy atom. The molecule has 6 heteroatoms. The number of hydrogen-bond donors (Lipinski definition) is 0. The van der Waals surface area contributed by atoms with Crippen LogP contribution in [0.25, 0.3) is 0 Å². The maximum Gasteiger partial charge on any atom is 0.222 e. The summed E-state index contributed by atoms with van der Waals surface area (Å²) >= 11 is 6.08. The molecular formula is C21H24ClFN2O2. The molecule has 1 aliphatic heterocycles. The highest BCUT2D eigenvalue weighted by atomic mass is 35.5. The van der Waals surface area contributed by atoms with Gasteiger partial charge >= 0.3 is 0 Å². The number of halogens is 2. The van der Waals surface area contributed by atoms with Gasteiger partial charge in [-0.1, -0.05) is 35.9 Å². The number of piperazine rings is 1. The summed E-state index contributed by atoms with van der Waals surface area (Å²) in [5, 5.41) is 0.620. The molecule has 1 fully saturated rings. The molecule has 27 heavy (non-hydrogen) atoms. The Bertz CT molecular complexity index is 746. The number of carbonyl (C=O) groups is 1. The molecule has 2 aromatic carbocycles. The number of ether oxygens (including phenoxy) is 1. The number of aryl methyl sites for hydroxylation is 1. The summed E-state index contributed by atoms with van der Waals surface area (Å²) in [7, 11) is 0. The molecule has 1 heterocycles. The van der Waals surface area contributed by atoms with Crippen molar-refractivity contribution >= 4 is 17.5 Å². The summed E-state index contributed by atoms with van der Waals surface area (Å²) in [5.41, 5.74) is 0.986. The van der Waals surface area contributed by atoms with Gasteiger partial charge in [-0.2, -0.15) is 0 Å². The first-order chi connectivity index (χ1) is 13.1. The van der Waals surface area contributed by atoms with Gasteiger partial charge < -0.3 is 9.64 Å². The van der Waals surface area contributed by atoms with Gasteiger partial charge in [0, 0.05) is 39.1 Å². The molecule has 3 rings (SSSR count). The van der Waals surface area contributed by atoms with E-state index in [0.29, 0.717) is 30.2 Å². The normalized spacial score (nSPS) is 15.0. The first-order valence-electron chi connectivity index (χ1n) is 9.24. The summed E-state index contributed by atoms with van der Waals surface area (Å²) < 4.78 is 18.7. The van der Waals surface area contributed by atoms with Crippen LogP contribution in [0.5, 0.6) is 5.75 Å². The van der Waals surface area contributed by atoms with E-state index in [9.17, 15) is 9.18 Å². The minimum atomic E-state index is -0.250. The average Bonchev–Trinajstić information content (AvgIpc) is 2.69. The Balaban J connectivity index is 1.35. The minimum Gasteiger partial charge on any atom is -0.491 e. The van der Waals surface area contributed by atoms with E-state index in [-0.39, 0.29) is 11.7 Å². The molecule has 0 atom stereocenters. The van der Waals surface area contributed by atoms with E-state index in [1.807, 2.05) is 29.2 Å². The lowest BCUT2D eigenvalue weighted by Gasteiger charge is -2.34. The van der Waals surface area contributed by atoms with Crippen molar-refractivity contribution in [1.29, 1.82) is 0 Å². The van der Waals surface area contributed by atoms with Crippen molar-refractivity contribution in [3.63, 3.8) is 0 Å². The van der Waals surface area contributed by atoms with Crippen LogP contribution in [0, 0.1) is 5.82 Å². The average molecular weight is 391 g/mol. The third-order valence-corrected chi connectivity index (χ3v) is 5.08. The molecule has 1 amide bonds. The van der Waals surface area contributed by atoms with E-state index >= 15 is 0 Å². The summed E-state index contributed by atoms with van der Waals surface area (Å²) in [6, 6.07) is 13.8. The van der Waals surface area contributed by atoms with Gasteiger partial charge in [0.2, 0.25) is 5.91 Å². The van der Waals surface area contributed by atoms with E-state index in [0.717, 1.165) is 38.3 Å². The molecule has 2 aromatic rings. The third-order valence-electron chi connectivity index (χ3n) is 4.77. The predicted octanol–water partition coefficient (Wildman–Crippen LogP) is 3.63. The van der Waals surface area contributed by atoms with E-state index < -0.39 is 0 Å². The zero-order chi connectivity index (χ0) is 19.1. The molecular weight excluding hydrogens is 367 g/mol. The van der Waals surface area contributed by atoms with Crippen LogP contribution in [-0.2, 0) is 11.2 Å². The van der Waals surface area contributed by atoms with Crippen LogP contribution in [0.2, 0.25) is 5.02 Å². The fourth-order valence-electron chi connectivity index (χ4n) is 3.13. The molecule has 0 N–H and O–H groups in total. The topological polar surface area (TPSA) is 32.8 Å². The fourth-order valence-corrected chi connectivity index (χ4v) is 3.32. The number of carbonyl (C=O) groups excluding carboxylic acids is 1. The maximum atomic E-state index is 12.9. The molecule has 144 valence electrons. The summed E-state index contributed by atoms with van der Waals surface area (Å²) in [6.07, 6.45) is 1.10. The Morgan fingerprint density at radius 2 is 1.74 bits per heavy atom. The summed E-state index contributed by atoms with van der Waals surface area (Å²) in [5.74, 6) is 0.611. The van der Waals surface area contributed by atoms with E-state index in [1.165, 1.54) is 12.1 Å². The lowest BCUT2D eigenvalue weighted by molar-refractivity contribution is -0.132. The first-order valence-corrected chi connectivity index (χ1v) is 9.61.